The summed E-state index contributed by atoms with van der Waals surface area (Å²) < 4.78 is 1.75. The smallest absolute Gasteiger partial charge is 0.250 e. The van der Waals surface area contributed by atoms with Crippen LogP contribution in [0.2, 0.25) is 0 Å². The summed E-state index contributed by atoms with van der Waals surface area (Å²) >= 11 is 0. The average Bonchev–Trinajstić information content (AvgIpc) is 2.95. The standard InChI is InChI=1S/C22H23N3O2/c1-14(2)25-13-16(5-7-21(25)26)19-9-18(11-23-12-19)15-4-6-20-17(8-15)10-22(27)24(20)3/h4-9,12-14,23H,10-11H2,1-3H3. The summed E-state index contributed by atoms with van der Waals surface area (Å²) in [6.07, 6.45) is 6.51. The molecule has 0 spiro atoms. The highest BCUT2D eigenvalue weighted by Crippen LogP contribution is 2.32. The lowest BCUT2D eigenvalue weighted by molar-refractivity contribution is -0.117. The molecular formula is C22H23N3O2. The van der Waals surface area contributed by atoms with Crippen molar-refractivity contribution in [1.82, 2.24) is 9.88 Å². The van der Waals surface area contributed by atoms with Crippen molar-refractivity contribution in [2.45, 2.75) is 26.3 Å². The molecule has 0 unspecified atom stereocenters. The molecule has 5 heteroatoms. The number of aromatic nitrogens is 1. The van der Waals surface area contributed by atoms with Crippen LogP contribution in [-0.2, 0) is 11.2 Å². The third-order valence-electron chi connectivity index (χ3n) is 5.24. The second kappa shape index (κ2) is 6.58. The van der Waals surface area contributed by atoms with Gasteiger partial charge in [0.25, 0.3) is 5.56 Å². The quantitative estimate of drug-likeness (QED) is 0.914. The minimum absolute atomic E-state index is 0.00901. The molecule has 1 N–H and O–H groups in total. The first kappa shape index (κ1) is 17.3. The fraction of sp³-hybridized carbons (Fsp3) is 0.273. The second-order valence-corrected chi connectivity index (χ2v) is 7.38. The van der Waals surface area contributed by atoms with E-state index in [0.29, 0.717) is 6.42 Å². The second-order valence-electron chi connectivity index (χ2n) is 7.38. The van der Waals surface area contributed by atoms with E-state index in [9.17, 15) is 9.59 Å². The van der Waals surface area contributed by atoms with E-state index in [1.165, 1.54) is 5.57 Å². The summed E-state index contributed by atoms with van der Waals surface area (Å²) in [5.41, 5.74) is 6.41. The molecule has 0 bridgehead atoms. The normalized spacial score (nSPS) is 16.1. The van der Waals surface area contributed by atoms with Gasteiger partial charge in [0.1, 0.15) is 0 Å². The molecule has 2 aliphatic rings. The van der Waals surface area contributed by atoms with Gasteiger partial charge in [-0.3, -0.25) is 9.59 Å². The lowest BCUT2D eigenvalue weighted by Gasteiger charge is -2.18. The minimum atomic E-state index is 0.00901. The number of allylic oxidation sites excluding steroid dienone is 2. The van der Waals surface area contributed by atoms with Crippen molar-refractivity contribution < 1.29 is 4.79 Å². The van der Waals surface area contributed by atoms with Crippen molar-refractivity contribution in [3.8, 4) is 0 Å². The number of dihydropyridines is 1. The molecule has 0 fully saturated rings. The van der Waals surface area contributed by atoms with Crippen LogP contribution in [0.3, 0.4) is 0 Å². The van der Waals surface area contributed by atoms with Crippen LogP contribution in [0, 0.1) is 0 Å². The van der Waals surface area contributed by atoms with Crippen molar-refractivity contribution in [2.24, 2.45) is 0 Å². The van der Waals surface area contributed by atoms with E-state index in [0.717, 1.165) is 34.5 Å². The third-order valence-corrected chi connectivity index (χ3v) is 5.24. The lowest BCUT2D eigenvalue weighted by Crippen LogP contribution is -2.21. The number of carbonyl (C=O) groups excluding carboxylic acids is 1. The van der Waals surface area contributed by atoms with Gasteiger partial charge in [-0.25, -0.2) is 0 Å². The van der Waals surface area contributed by atoms with Gasteiger partial charge in [0.2, 0.25) is 5.91 Å². The Bertz CT molecular complexity index is 1040. The van der Waals surface area contributed by atoms with Gasteiger partial charge in [-0.1, -0.05) is 6.07 Å². The molecule has 5 nitrogen and oxygen atoms in total. The van der Waals surface area contributed by atoms with E-state index in [1.807, 2.05) is 45.4 Å². The number of nitrogens with zero attached hydrogens (tertiary/aromatic N) is 2. The van der Waals surface area contributed by atoms with Crippen molar-refractivity contribution in [3.63, 3.8) is 0 Å². The van der Waals surface area contributed by atoms with Gasteiger partial charge in [0.05, 0.1) is 6.42 Å². The molecule has 0 saturated carbocycles. The number of fused-ring (bicyclic) bond motifs is 1. The summed E-state index contributed by atoms with van der Waals surface area (Å²) in [5, 5.41) is 3.34. The molecule has 2 aromatic rings. The summed E-state index contributed by atoms with van der Waals surface area (Å²) in [4.78, 5) is 25.7. The Morgan fingerprint density at radius 1 is 1.07 bits per heavy atom. The van der Waals surface area contributed by atoms with Gasteiger partial charge in [0.15, 0.2) is 0 Å². The van der Waals surface area contributed by atoms with E-state index in [-0.39, 0.29) is 17.5 Å². The van der Waals surface area contributed by atoms with E-state index in [4.69, 9.17) is 0 Å². The van der Waals surface area contributed by atoms with Crippen LogP contribution < -0.4 is 15.8 Å². The Labute approximate surface area is 158 Å². The van der Waals surface area contributed by atoms with Crippen molar-refractivity contribution in [2.75, 3.05) is 18.5 Å². The zero-order valence-electron chi connectivity index (χ0n) is 15.8. The highest BCUT2D eigenvalue weighted by molar-refractivity contribution is 6.01. The molecule has 0 atom stereocenters. The minimum Gasteiger partial charge on any atom is -0.386 e. The third kappa shape index (κ3) is 3.10. The Balaban J connectivity index is 1.69. The maximum Gasteiger partial charge on any atom is 0.250 e. The zero-order valence-corrected chi connectivity index (χ0v) is 15.8. The Morgan fingerprint density at radius 2 is 1.85 bits per heavy atom. The SMILES string of the molecule is CC(C)n1cc(C2=CNCC(c3ccc4c(c3)CC(=O)N4C)=C2)ccc1=O. The van der Waals surface area contributed by atoms with Crippen LogP contribution >= 0.6 is 0 Å². The summed E-state index contributed by atoms with van der Waals surface area (Å²) in [5.74, 6) is 0.134. The van der Waals surface area contributed by atoms with E-state index in [2.05, 4.69) is 23.5 Å². The molecule has 2 aliphatic heterocycles. The molecule has 0 radical (unpaired) electrons. The van der Waals surface area contributed by atoms with Crippen LogP contribution in [0.25, 0.3) is 11.1 Å². The van der Waals surface area contributed by atoms with Crippen LogP contribution in [-0.4, -0.2) is 24.1 Å². The molecule has 0 saturated heterocycles. The number of hydrogen-bond acceptors (Lipinski definition) is 3. The average molecular weight is 361 g/mol. The number of rotatable bonds is 3. The fourth-order valence-electron chi connectivity index (χ4n) is 3.65. The van der Waals surface area contributed by atoms with Gasteiger partial charge in [0, 0.05) is 43.8 Å². The van der Waals surface area contributed by atoms with E-state index in [1.54, 1.807) is 15.5 Å². The molecule has 4 rings (SSSR count). The van der Waals surface area contributed by atoms with Crippen molar-refractivity contribution in [3.05, 3.63) is 75.8 Å². The summed E-state index contributed by atoms with van der Waals surface area (Å²) in [7, 11) is 1.82. The number of amides is 1. The highest BCUT2D eigenvalue weighted by atomic mass is 16.2. The van der Waals surface area contributed by atoms with Crippen molar-refractivity contribution in [1.29, 1.82) is 0 Å². The molecular weight excluding hydrogens is 338 g/mol. The molecule has 1 aromatic heterocycles. The predicted molar refractivity (Wildman–Crippen MR) is 109 cm³/mol. The highest BCUT2D eigenvalue weighted by Gasteiger charge is 2.24. The number of pyridine rings is 1. The first-order chi connectivity index (χ1) is 12.9. The largest absolute Gasteiger partial charge is 0.386 e. The van der Waals surface area contributed by atoms with Gasteiger partial charge in [-0.15, -0.1) is 0 Å². The van der Waals surface area contributed by atoms with Crippen molar-refractivity contribution >= 4 is 22.7 Å². The molecule has 1 amide bonds. The van der Waals surface area contributed by atoms with Gasteiger partial charge >= 0.3 is 0 Å². The van der Waals surface area contributed by atoms with Crippen LogP contribution in [0.5, 0.6) is 0 Å². The number of likely N-dealkylation sites (N-methyl/N-ethyl adjacent to an activating group) is 1. The molecule has 138 valence electrons. The first-order valence-electron chi connectivity index (χ1n) is 9.20. The number of carbonyl (C=O) groups is 1. The van der Waals surface area contributed by atoms with Gasteiger partial charge < -0.3 is 14.8 Å². The Hall–Kier alpha value is -3.08. The zero-order chi connectivity index (χ0) is 19.1. The Morgan fingerprint density at radius 3 is 2.63 bits per heavy atom. The Kier molecular flexibility index (Phi) is 4.22. The van der Waals surface area contributed by atoms with E-state index < -0.39 is 0 Å². The molecule has 3 heterocycles. The van der Waals surface area contributed by atoms with Gasteiger partial charge in [-0.05, 0) is 66.0 Å². The topological polar surface area (TPSA) is 54.3 Å². The number of benzene rings is 1. The molecule has 1 aromatic carbocycles. The fourth-order valence-corrected chi connectivity index (χ4v) is 3.65. The lowest BCUT2D eigenvalue weighted by atomic mass is 9.96. The van der Waals surface area contributed by atoms with Gasteiger partial charge in [-0.2, -0.15) is 0 Å². The number of hydrogen-bond donors (Lipinski definition) is 1. The number of nitrogens with one attached hydrogen (secondary N) is 1. The predicted octanol–water partition coefficient (Wildman–Crippen LogP) is 2.98. The summed E-state index contributed by atoms with van der Waals surface area (Å²) in [6, 6.07) is 9.80. The van der Waals surface area contributed by atoms with Crippen LogP contribution in [0.1, 0.15) is 36.6 Å². The maximum absolute atomic E-state index is 12.0. The summed E-state index contributed by atoms with van der Waals surface area (Å²) in [6.45, 7) is 4.74. The van der Waals surface area contributed by atoms with E-state index >= 15 is 0 Å². The van der Waals surface area contributed by atoms with Crippen LogP contribution in [0.4, 0.5) is 5.69 Å². The molecule has 27 heavy (non-hydrogen) atoms. The maximum atomic E-state index is 12.0. The monoisotopic (exact) mass is 361 g/mol. The number of anilines is 1. The first-order valence-corrected chi connectivity index (χ1v) is 9.20. The van der Waals surface area contributed by atoms with Crippen LogP contribution in [0.15, 0.2) is 53.6 Å². The molecule has 0 aliphatic carbocycles.